The van der Waals surface area contributed by atoms with E-state index in [0.29, 0.717) is 26.7 Å². The maximum absolute atomic E-state index is 12.0. The third kappa shape index (κ3) is 2.25. The molecule has 0 saturated carbocycles. The van der Waals surface area contributed by atoms with E-state index in [4.69, 9.17) is 5.73 Å². The number of aromatic nitrogens is 2. The molecule has 0 saturated heterocycles. The highest BCUT2D eigenvalue weighted by atomic mass is 32.1. The van der Waals surface area contributed by atoms with Gasteiger partial charge in [-0.25, -0.2) is 9.97 Å². The summed E-state index contributed by atoms with van der Waals surface area (Å²) in [6.07, 6.45) is 0. The standard InChI is InChI=1S/C15H15N5OS/c1-17-13(21)12-10(16)9-11(8-6-4-3-5-7-8)19-15(18-2)20-14(9)22-12/h3-7H,16H2,1-2H3,(H,17,21)(H,18,19,20). The first kappa shape index (κ1) is 14.3. The number of carbonyl (C=O) groups excluding carboxylic acids is 1. The molecule has 2 heterocycles. The van der Waals surface area contributed by atoms with Crippen LogP contribution in [-0.2, 0) is 0 Å². The number of nitrogens with two attached hydrogens (primary N) is 1. The molecule has 7 heteroatoms. The van der Waals surface area contributed by atoms with Gasteiger partial charge in [-0.15, -0.1) is 11.3 Å². The number of nitrogen functional groups attached to an aromatic ring is 1. The van der Waals surface area contributed by atoms with Gasteiger partial charge in [-0.1, -0.05) is 30.3 Å². The Morgan fingerprint density at radius 1 is 1.18 bits per heavy atom. The Hall–Kier alpha value is -2.67. The summed E-state index contributed by atoms with van der Waals surface area (Å²) in [5.41, 5.74) is 8.26. The van der Waals surface area contributed by atoms with E-state index >= 15 is 0 Å². The lowest BCUT2D eigenvalue weighted by molar-refractivity contribution is 0.0968. The van der Waals surface area contributed by atoms with Gasteiger partial charge in [-0.05, 0) is 0 Å². The van der Waals surface area contributed by atoms with Crippen molar-refractivity contribution in [2.75, 3.05) is 25.1 Å². The zero-order valence-electron chi connectivity index (χ0n) is 12.2. The van der Waals surface area contributed by atoms with E-state index in [1.807, 2.05) is 30.3 Å². The second-order valence-corrected chi connectivity index (χ2v) is 5.62. The number of fused-ring (bicyclic) bond motifs is 1. The van der Waals surface area contributed by atoms with E-state index < -0.39 is 0 Å². The number of benzene rings is 1. The zero-order chi connectivity index (χ0) is 15.7. The van der Waals surface area contributed by atoms with Crippen LogP contribution >= 0.6 is 11.3 Å². The van der Waals surface area contributed by atoms with Crippen LogP contribution in [0.4, 0.5) is 11.6 Å². The van der Waals surface area contributed by atoms with E-state index in [1.165, 1.54) is 11.3 Å². The fraction of sp³-hybridized carbons (Fsp3) is 0.133. The Labute approximate surface area is 131 Å². The molecule has 1 aromatic carbocycles. The number of nitrogens with zero attached hydrogens (tertiary/aromatic N) is 2. The maximum Gasteiger partial charge on any atom is 0.263 e. The first-order chi connectivity index (χ1) is 10.7. The summed E-state index contributed by atoms with van der Waals surface area (Å²) in [6, 6.07) is 9.72. The van der Waals surface area contributed by atoms with Crippen LogP contribution in [0.3, 0.4) is 0 Å². The van der Waals surface area contributed by atoms with E-state index in [9.17, 15) is 4.79 Å². The molecule has 4 N–H and O–H groups in total. The SMILES string of the molecule is CNC(=O)c1sc2nc(NC)nc(-c3ccccc3)c2c1N. The average Bonchev–Trinajstić information content (AvgIpc) is 2.91. The van der Waals surface area contributed by atoms with Gasteiger partial charge in [-0.2, -0.15) is 0 Å². The Balaban J connectivity index is 2.35. The molecule has 0 aliphatic carbocycles. The second kappa shape index (κ2) is 5.61. The molecule has 0 spiro atoms. The summed E-state index contributed by atoms with van der Waals surface area (Å²) in [5, 5.41) is 6.26. The van der Waals surface area contributed by atoms with Gasteiger partial charge >= 0.3 is 0 Å². The first-order valence-electron chi connectivity index (χ1n) is 6.71. The highest BCUT2D eigenvalue weighted by Gasteiger charge is 2.21. The minimum absolute atomic E-state index is 0.217. The minimum Gasteiger partial charge on any atom is -0.397 e. The number of thiophene rings is 1. The summed E-state index contributed by atoms with van der Waals surface area (Å²) in [4.78, 5) is 22.0. The van der Waals surface area contributed by atoms with Crippen molar-refractivity contribution in [3.05, 3.63) is 35.2 Å². The van der Waals surface area contributed by atoms with E-state index in [1.54, 1.807) is 14.1 Å². The van der Waals surface area contributed by atoms with Crippen molar-refractivity contribution in [2.24, 2.45) is 0 Å². The Kier molecular flexibility index (Phi) is 3.64. The van der Waals surface area contributed by atoms with Crippen molar-refractivity contribution < 1.29 is 4.79 Å². The highest BCUT2D eigenvalue weighted by Crippen LogP contribution is 2.38. The van der Waals surface area contributed by atoms with Crippen LogP contribution in [0.15, 0.2) is 30.3 Å². The molecule has 0 aliphatic rings. The van der Waals surface area contributed by atoms with Crippen LogP contribution in [-0.4, -0.2) is 30.0 Å². The Morgan fingerprint density at radius 3 is 2.55 bits per heavy atom. The summed E-state index contributed by atoms with van der Waals surface area (Å²) < 4.78 is 0. The van der Waals surface area contributed by atoms with E-state index in [2.05, 4.69) is 20.6 Å². The molecule has 6 nitrogen and oxygen atoms in total. The average molecular weight is 313 g/mol. The molecule has 0 unspecified atom stereocenters. The van der Waals surface area contributed by atoms with Crippen LogP contribution in [0, 0.1) is 0 Å². The van der Waals surface area contributed by atoms with E-state index in [0.717, 1.165) is 11.3 Å². The Bertz CT molecular complexity index is 844. The predicted octanol–water partition coefficient (Wildman–Crippen LogP) is 2.34. The van der Waals surface area contributed by atoms with Gasteiger partial charge in [-0.3, -0.25) is 4.79 Å². The molecule has 1 amide bonds. The number of rotatable bonds is 3. The largest absolute Gasteiger partial charge is 0.397 e. The van der Waals surface area contributed by atoms with Crippen LogP contribution in [0.2, 0.25) is 0 Å². The predicted molar refractivity (Wildman–Crippen MR) is 90.2 cm³/mol. The molecular formula is C15H15N5OS. The normalized spacial score (nSPS) is 10.6. The van der Waals surface area contributed by atoms with Crippen LogP contribution in [0.25, 0.3) is 21.5 Å². The number of amides is 1. The van der Waals surface area contributed by atoms with Crippen LogP contribution < -0.4 is 16.4 Å². The molecule has 0 atom stereocenters. The van der Waals surface area contributed by atoms with Gasteiger partial charge in [0, 0.05) is 19.7 Å². The van der Waals surface area contributed by atoms with Gasteiger partial charge in [0.25, 0.3) is 5.91 Å². The van der Waals surface area contributed by atoms with Crippen LogP contribution in [0.5, 0.6) is 0 Å². The number of nitrogens with one attached hydrogen (secondary N) is 2. The van der Waals surface area contributed by atoms with Crippen LogP contribution in [0.1, 0.15) is 9.67 Å². The zero-order valence-corrected chi connectivity index (χ0v) is 13.0. The monoisotopic (exact) mass is 313 g/mol. The minimum atomic E-state index is -0.217. The lowest BCUT2D eigenvalue weighted by Crippen LogP contribution is -2.17. The second-order valence-electron chi connectivity index (χ2n) is 4.62. The van der Waals surface area contributed by atoms with Crippen molar-refractivity contribution in [1.29, 1.82) is 0 Å². The molecule has 0 radical (unpaired) electrons. The summed E-state index contributed by atoms with van der Waals surface area (Å²) in [5.74, 6) is 0.279. The molecule has 3 rings (SSSR count). The Morgan fingerprint density at radius 2 is 1.91 bits per heavy atom. The molecule has 3 aromatic rings. The van der Waals surface area contributed by atoms with Crippen molar-refractivity contribution in [1.82, 2.24) is 15.3 Å². The number of carbonyl (C=O) groups is 1. The fourth-order valence-electron chi connectivity index (χ4n) is 2.22. The third-order valence-corrected chi connectivity index (χ3v) is 4.39. The smallest absolute Gasteiger partial charge is 0.263 e. The lowest BCUT2D eigenvalue weighted by Gasteiger charge is -2.06. The van der Waals surface area contributed by atoms with Crippen molar-refractivity contribution in [3.8, 4) is 11.3 Å². The number of hydrogen-bond acceptors (Lipinski definition) is 6. The van der Waals surface area contributed by atoms with Crippen molar-refractivity contribution in [2.45, 2.75) is 0 Å². The topological polar surface area (TPSA) is 92.9 Å². The summed E-state index contributed by atoms with van der Waals surface area (Å²) in [6.45, 7) is 0. The van der Waals surface area contributed by atoms with Gasteiger partial charge in [0.05, 0.1) is 16.8 Å². The molecular weight excluding hydrogens is 298 g/mol. The molecule has 112 valence electrons. The quantitative estimate of drug-likeness (QED) is 0.690. The van der Waals surface area contributed by atoms with Gasteiger partial charge in [0.1, 0.15) is 9.71 Å². The molecule has 22 heavy (non-hydrogen) atoms. The molecule has 0 aliphatic heterocycles. The lowest BCUT2D eigenvalue weighted by atomic mass is 10.1. The number of hydrogen-bond donors (Lipinski definition) is 3. The molecule has 0 fully saturated rings. The van der Waals surface area contributed by atoms with Gasteiger partial charge in [0.2, 0.25) is 5.95 Å². The number of anilines is 2. The van der Waals surface area contributed by atoms with Gasteiger partial charge < -0.3 is 16.4 Å². The fourth-order valence-corrected chi connectivity index (χ4v) is 3.26. The van der Waals surface area contributed by atoms with Crippen molar-refractivity contribution in [3.63, 3.8) is 0 Å². The van der Waals surface area contributed by atoms with E-state index in [-0.39, 0.29) is 5.91 Å². The summed E-state index contributed by atoms with van der Waals surface area (Å²) in [7, 11) is 3.33. The maximum atomic E-state index is 12.0. The highest BCUT2D eigenvalue weighted by molar-refractivity contribution is 7.21. The molecule has 2 aromatic heterocycles. The third-order valence-electron chi connectivity index (χ3n) is 3.29. The van der Waals surface area contributed by atoms with Gasteiger partial charge in [0.15, 0.2) is 0 Å². The molecule has 0 bridgehead atoms. The summed E-state index contributed by atoms with van der Waals surface area (Å²) >= 11 is 1.27. The first-order valence-corrected chi connectivity index (χ1v) is 7.52. The van der Waals surface area contributed by atoms with Crippen molar-refractivity contribution >= 4 is 39.1 Å².